The number of likely N-dealkylation sites (N-methyl/N-ethyl adjacent to an activating group) is 1. The lowest BCUT2D eigenvalue weighted by atomic mass is 9.70. The maximum absolute atomic E-state index is 6.03. The highest BCUT2D eigenvalue weighted by Gasteiger charge is 2.46. The summed E-state index contributed by atoms with van der Waals surface area (Å²) in [5, 5.41) is 0. The van der Waals surface area contributed by atoms with Crippen molar-refractivity contribution in [2.75, 3.05) is 20.7 Å². The maximum atomic E-state index is 6.03. The van der Waals surface area contributed by atoms with Gasteiger partial charge in [0.1, 0.15) is 6.61 Å². The van der Waals surface area contributed by atoms with E-state index in [1.165, 1.54) is 18.4 Å². The predicted molar refractivity (Wildman–Crippen MR) is 105 cm³/mol. The van der Waals surface area contributed by atoms with Crippen molar-refractivity contribution in [1.82, 2.24) is 4.90 Å². The van der Waals surface area contributed by atoms with Crippen LogP contribution in [-0.2, 0) is 12.0 Å². The van der Waals surface area contributed by atoms with Crippen LogP contribution in [0.1, 0.15) is 30.4 Å². The molecule has 1 aliphatic carbocycles. The minimum absolute atomic E-state index is 0.109. The lowest BCUT2D eigenvalue weighted by Crippen LogP contribution is -2.41. The van der Waals surface area contributed by atoms with E-state index in [0.29, 0.717) is 12.6 Å². The van der Waals surface area contributed by atoms with Crippen molar-refractivity contribution in [3.05, 3.63) is 71.8 Å². The summed E-state index contributed by atoms with van der Waals surface area (Å²) in [5.41, 5.74) is 2.61. The number of fused-ring (bicyclic) bond motifs is 1. The molecular weight excluding hydrogens is 322 g/mol. The third-order valence-corrected chi connectivity index (χ3v) is 5.97. The van der Waals surface area contributed by atoms with Gasteiger partial charge >= 0.3 is 0 Å². The zero-order valence-corrected chi connectivity index (χ0v) is 15.7. The lowest BCUT2D eigenvalue weighted by molar-refractivity contribution is 0.248. The fourth-order valence-corrected chi connectivity index (χ4v) is 4.54. The second-order valence-corrected chi connectivity index (χ2v) is 7.41. The van der Waals surface area contributed by atoms with Crippen LogP contribution in [-0.4, -0.2) is 31.6 Å². The Morgan fingerprint density at radius 1 is 1.12 bits per heavy atom. The maximum Gasteiger partial charge on any atom is 0.161 e. The first kappa shape index (κ1) is 17.2. The highest BCUT2D eigenvalue weighted by Crippen LogP contribution is 2.47. The quantitative estimate of drug-likeness (QED) is 0.738. The second kappa shape index (κ2) is 7.16. The Hall–Kier alpha value is -2.26. The summed E-state index contributed by atoms with van der Waals surface area (Å²) in [5.74, 6) is 1.62. The molecule has 26 heavy (non-hydrogen) atoms. The first-order valence-electron chi connectivity index (χ1n) is 9.46. The molecule has 0 radical (unpaired) electrons. The molecule has 4 rings (SSSR count). The van der Waals surface area contributed by atoms with Crippen LogP contribution < -0.4 is 9.47 Å². The molecule has 2 aromatic rings. The van der Waals surface area contributed by atoms with E-state index < -0.39 is 0 Å². The van der Waals surface area contributed by atoms with Gasteiger partial charge < -0.3 is 14.4 Å². The third-order valence-electron chi connectivity index (χ3n) is 5.97. The molecule has 2 aliphatic rings. The number of rotatable bonds is 5. The average molecular weight is 349 g/mol. The minimum atomic E-state index is 0.109. The van der Waals surface area contributed by atoms with E-state index in [1.54, 1.807) is 7.11 Å². The molecule has 3 nitrogen and oxygen atoms in total. The van der Waals surface area contributed by atoms with Crippen LogP contribution in [0.5, 0.6) is 11.5 Å². The molecule has 136 valence electrons. The number of allylic oxidation sites excluding steroid dienone is 1. The molecule has 0 bridgehead atoms. The molecule has 0 spiro atoms. The molecule has 1 aliphatic heterocycles. The van der Waals surface area contributed by atoms with Crippen LogP contribution in [0.15, 0.2) is 60.7 Å². The Morgan fingerprint density at radius 2 is 1.96 bits per heavy atom. The molecule has 0 N–H and O–H groups in total. The molecule has 0 unspecified atom stereocenters. The number of nitrogens with zero attached hydrogens (tertiary/aromatic N) is 1. The molecule has 3 heteroatoms. The van der Waals surface area contributed by atoms with Gasteiger partial charge in [-0.25, -0.2) is 0 Å². The summed E-state index contributed by atoms with van der Waals surface area (Å²) in [4.78, 5) is 2.51. The van der Waals surface area contributed by atoms with Crippen molar-refractivity contribution < 1.29 is 9.47 Å². The van der Waals surface area contributed by atoms with Gasteiger partial charge in [-0.05, 0) is 56.1 Å². The van der Waals surface area contributed by atoms with Gasteiger partial charge in [0, 0.05) is 11.5 Å². The fourth-order valence-electron chi connectivity index (χ4n) is 4.54. The molecule has 2 aromatic carbocycles. The first-order chi connectivity index (χ1) is 12.7. The van der Waals surface area contributed by atoms with Crippen molar-refractivity contribution >= 4 is 0 Å². The van der Waals surface area contributed by atoms with Crippen LogP contribution in [0.25, 0.3) is 0 Å². The third kappa shape index (κ3) is 3.01. The predicted octanol–water partition coefficient (Wildman–Crippen LogP) is 4.57. The Morgan fingerprint density at radius 3 is 2.77 bits per heavy atom. The molecule has 1 saturated heterocycles. The van der Waals surface area contributed by atoms with Gasteiger partial charge in [-0.3, -0.25) is 0 Å². The first-order valence-corrected chi connectivity index (χ1v) is 9.46. The number of benzene rings is 2. The standard InChI is InChI=1S/C23H27NO2/c1-24-15-14-23(13-7-6-10-22(23)24)19-11-12-20(21(16-19)25-2)26-17-18-8-4-3-5-9-18/h3-5,7-9,11-13,16,22H,6,10,14-15,17H2,1-2H3/t22-,23-/m0/s1. The molecule has 2 atom stereocenters. The molecule has 1 fully saturated rings. The lowest BCUT2D eigenvalue weighted by Gasteiger charge is -2.38. The van der Waals surface area contributed by atoms with Gasteiger partial charge in [-0.1, -0.05) is 48.6 Å². The van der Waals surface area contributed by atoms with Gasteiger partial charge in [-0.2, -0.15) is 0 Å². The SMILES string of the molecule is COc1cc([C@@]23C=CCC[C@@H]2N(C)CC3)ccc1OCc1ccccc1. The second-order valence-electron chi connectivity index (χ2n) is 7.41. The van der Waals surface area contributed by atoms with Crippen LogP contribution in [0, 0.1) is 0 Å². The molecule has 0 amide bonds. The van der Waals surface area contributed by atoms with Gasteiger partial charge in [0.25, 0.3) is 0 Å². The highest BCUT2D eigenvalue weighted by atomic mass is 16.5. The zero-order chi connectivity index (χ0) is 18.0. The summed E-state index contributed by atoms with van der Waals surface area (Å²) < 4.78 is 11.7. The topological polar surface area (TPSA) is 21.7 Å². The zero-order valence-electron chi connectivity index (χ0n) is 15.7. The highest BCUT2D eigenvalue weighted by molar-refractivity contribution is 5.48. The van der Waals surface area contributed by atoms with Crippen LogP contribution in [0.4, 0.5) is 0 Å². The van der Waals surface area contributed by atoms with Crippen molar-refractivity contribution in [3.8, 4) is 11.5 Å². The molecule has 0 saturated carbocycles. The monoisotopic (exact) mass is 349 g/mol. The van der Waals surface area contributed by atoms with E-state index in [9.17, 15) is 0 Å². The number of hydrogen-bond donors (Lipinski definition) is 0. The normalized spacial score (nSPS) is 25.1. The van der Waals surface area contributed by atoms with Crippen molar-refractivity contribution in [1.29, 1.82) is 0 Å². The Bertz CT molecular complexity index is 786. The van der Waals surface area contributed by atoms with E-state index >= 15 is 0 Å². The van der Waals surface area contributed by atoms with Gasteiger partial charge in [0.2, 0.25) is 0 Å². The van der Waals surface area contributed by atoms with Crippen molar-refractivity contribution in [2.24, 2.45) is 0 Å². The van der Waals surface area contributed by atoms with Crippen LogP contribution in [0.3, 0.4) is 0 Å². The van der Waals surface area contributed by atoms with E-state index in [2.05, 4.69) is 54.4 Å². The average Bonchev–Trinajstić information content (AvgIpc) is 3.05. The Balaban J connectivity index is 1.61. The van der Waals surface area contributed by atoms with Gasteiger partial charge in [0.15, 0.2) is 11.5 Å². The van der Waals surface area contributed by atoms with E-state index in [0.717, 1.165) is 30.0 Å². The summed E-state index contributed by atoms with van der Waals surface area (Å²) in [6, 6.07) is 17.3. The number of methoxy groups -OCH3 is 1. The minimum Gasteiger partial charge on any atom is -0.493 e. The summed E-state index contributed by atoms with van der Waals surface area (Å²) in [6.07, 6.45) is 8.34. The molecule has 1 heterocycles. The number of ether oxygens (including phenoxy) is 2. The molecule has 0 aromatic heterocycles. The number of likely N-dealkylation sites (tertiary alicyclic amines) is 1. The van der Waals surface area contributed by atoms with Gasteiger partial charge in [0.05, 0.1) is 7.11 Å². The summed E-state index contributed by atoms with van der Waals surface area (Å²) in [7, 11) is 3.97. The van der Waals surface area contributed by atoms with Crippen LogP contribution >= 0.6 is 0 Å². The van der Waals surface area contributed by atoms with Crippen molar-refractivity contribution in [3.63, 3.8) is 0 Å². The van der Waals surface area contributed by atoms with Crippen molar-refractivity contribution in [2.45, 2.75) is 37.3 Å². The van der Waals surface area contributed by atoms with Gasteiger partial charge in [-0.15, -0.1) is 0 Å². The largest absolute Gasteiger partial charge is 0.493 e. The van der Waals surface area contributed by atoms with E-state index in [-0.39, 0.29) is 5.41 Å². The fraction of sp³-hybridized carbons (Fsp3) is 0.391. The smallest absolute Gasteiger partial charge is 0.161 e. The summed E-state index contributed by atoms with van der Waals surface area (Å²) in [6.45, 7) is 1.69. The Labute approximate surface area is 156 Å². The Kier molecular flexibility index (Phi) is 4.73. The summed E-state index contributed by atoms with van der Waals surface area (Å²) >= 11 is 0. The number of hydrogen-bond acceptors (Lipinski definition) is 3. The van der Waals surface area contributed by atoms with Crippen LogP contribution in [0.2, 0.25) is 0 Å². The molecular formula is C23H27NO2. The van der Waals surface area contributed by atoms with E-state index in [4.69, 9.17) is 9.47 Å². The van der Waals surface area contributed by atoms with E-state index in [1.807, 2.05) is 18.2 Å².